The fourth-order valence-corrected chi connectivity index (χ4v) is 1.35. The summed E-state index contributed by atoms with van der Waals surface area (Å²) in [5.41, 5.74) is -4.23. The number of hydrogen-bond donors (Lipinski definition) is 1. The average Bonchev–Trinajstić information content (AvgIpc) is 2.75. The Labute approximate surface area is 119 Å². The van der Waals surface area contributed by atoms with Gasteiger partial charge in [0.2, 0.25) is 0 Å². The molecule has 2 aromatic rings. The van der Waals surface area contributed by atoms with E-state index >= 15 is 0 Å². The molecule has 1 aromatic carbocycles. The molecule has 0 saturated carbocycles. The van der Waals surface area contributed by atoms with Crippen molar-refractivity contribution in [3.8, 4) is 0 Å². The third-order valence-electron chi connectivity index (χ3n) is 2.42. The maximum atomic E-state index is 10.7. The molecule has 0 spiro atoms. The number of benzene rings is 1. The van der Waals surface area contributed by atoms with Crippen LogP contribution in [-0.2, 0) is 23.6 Å². The summed E-state index contributed by atoms with van der Waals surface area (Å²) in [5, 5.41) is 0. The first-order chi connectivity index (χ1) is 9.61. The monoisotopic (exact) mass is 322 g/mol. The van der Waals surface area contributed by atoms with Crippen molar-refractivity contribution in [1.29, 1.82) is 0 Å². The smallest absolute Gasteiger partial charge is 0.338 e. The number of rotatable bonds is 2. The van der Waals surface area contributed by atoms with Crippen LogP contribution in [0.25, 0.3) is 0 Å². The lowest BCUT2D eigenvalue weighted by molar-refractivity contribution is -0.0510. The average molecular weight is 322 g/mol. The summed E-state index contributed by atoms with van der Waals surface area (Å²) in [6.45, 7) is 0. The van der Waals surface area contributed by atoms with E-state index in [1.807, 2.05) is 30.1 Å². The van der Waals surface area contributed by atoms with Crippen LogP contribution >= 0.6 is 0 Å². The van der Waals surface area contributed by atoms with Gasteiger partial charge < -0.3 is 4.57 Å². The molecule has 0 aliphatic rings. The molecule has 0 amide bonds. The Bertz CT molecular complexity index is 667. The first kappa shape index (κ1) is 17.2. The van der Waals surface area contributed by atoms with Gasteiger partial charge in [-0.1, -0.05) is 30.3 Å². The highest BCUT2D eigenvalue weighted by Crippen LogP contribution is 2.20. The van der Waals surface area contributed by atoms with Crippen molar-refractivity contribution in [2.45, 2.75) is 11.9 Å². The zero-order valence-electron chi connectivity index (χ0n) is 10.9. The maximum absolute atomic E-state index is 10.7. The summed E-state index contributed by atoms with van der Waals surface area (Å²) < 4.78 is 59.6. The van der Waals surface area contributed by atoms with Crippen molar-refractivity contribution in [2.24, 2.45) is 7.05 Å². The van der Waals surface area contributed by atoms with E-state index in [0.717, 1.165) is 12.2 Å². The number of imidazole rings is 1. The van der Waals surface area contributed by atoms with Gasteiger partial charge in [-0.2, -0.15) is 21.6 Å². The van der Waals surface area contributed by atoms with Gasteiger partial charge in [0, 0.05) is 25.9 Å². The SMILES string of the molecule is Cn1ccnc1Cc1ccccc1.O=S(=O)(O)C(F)(F)F. The first-order valence-electron chi connectivity index (χ1n) is 5.65. The fourth-order valence-electron chi connectivity index (χ4n) is 1.35. The molecule has 2 rings (SSSR count). The van der Waals surface area contributed by atoms with Crippen molar-refractivity contribution >= 4 is 10.1 Å². The zero-order chi connectivity index (χ0) is 16.1. The molecular formula is C12H13F3N2O3S. The van der Waals surface area contributed by atoms with Gasteiger partial charge in [0.1, 0.15) is 5.82 Å². The number of hydrogen-bond acceptors (Lipinski definition) is 3. The summed E-state index contributed by atoms with van der Waals surface area (Å²) in [5.74, 6) is 1.10. The van der Waals surface area contributed by atoms with Crippen LogP contribution in [0, 0.1) is 0 Å². The fraction of sp³-hybridized carbons (Fsp3) is 0.250. The quantitative estimate of drug-likeness (QED) is 0.681. The minimum absolute atomic E-state index is 0.907. The van der Waals surface area contributed by atoms with Crippen LogP contribution in [0.3, 0.4) is 0 Å². The Hall–Kier alpha value is -1.87. The second kappa shape index (κ2) is 6.72. The molecule has 5 nitrogen and oxygen atoms in total. The van der Waals surface area contributed by atoms with Crippen molar-refractivity contribution in [3.63, 3.8) is 0 Å². The maximum Gasteiger partial charge on any atom is 0.522 e. The van der Waals surface area contributed by atoms with Crippen LogP contribution in [0.4, 0.5) is 13.2 Å². The third-order valence-corrected chi connectivity index (χ3v) is 3.00. The predicted octanol–water partition coefficient (Wildman–Crippen LogP) is 2.40. The molecule has 0 bridgehead atoms. The van der Waals surface area contributed by atoms with Crippen LogP contribution in [0.2, 0.25) is 0 Å². The molecule has 0 aliphatic heterocycles. The summed E-state index contributed by atoms with van der Waals surface area (Å²) >= 11 is 0. The van der Waals surface area contributed by atoms with E-state index in [0.29, 0.717) is 0 Å². The van der Waals surface area contributed by atoms with Crippen LogP contribution in [0.1, 0.15) is 11.4 Å². The van der Waals surface area contributed by atoms with E-state index in [4.69, 9.17) is 13.0 Å². The van der Waals surface area contributed by atoms with Gasteiger partial charge in [-0.25, -0.2) is 4.98 Å². The number of nitrogens with zero attached hydrogens (tertiary/aromatic N) is 2. The molecule has 1 heterocycles. The van der Waals surface area contributed by atoms with Gasteiger partial charge in [0.05, 0.1) is 0 Å². The summed E-state index contributed by atoms with van der Waals surface area (Å²) in [6.07, 6.45) is 4.71. The largest absolute Gasteiger partial charge is 0.522 e. The standard InChI is InChI=1S/C11H12N2.CHF3O3S/c1-13-8-7-12-11(13)9-10-5-3-2-4-6-10;2-1(3,4)8(5,6)7/h2-8H,9H2,1H3;(H,5,6,7). The van der Waals surface area contributed by atoms with Gasteiger partial charge in [0.25, 0.3) is 0 Å². The molecule has 0 atom stereocenters. The highest BCUT2D eigenvalue weighted by molar-refractivity contribution is 7.86. The second-order valence-corrected chi connectivity index (χ2v) is 5.45. The molecule has 9 heteroatoms. The van der Waals surface area contributed by atoms with E-state index in [1.54, 1.807) is 0 Å². The molecule has 0 unspecified atom stereocenters. The molecule has 1 aromatic heterocycles. The predicted molar refractivity (Wildman–Crippen MR) is 70.1 cm³/mol. The van der Waals surface area contributed by atoms with Crippen molar-refractivity contribution in [1.82, 2.24) is 9.55 Å². The zero-order valence-corrected chi connectivity index (χ0v) is 11.8. The van der Waals surface area contributed by atoms with E-state index in [2.05, 4.69) is 29.2 Å². The van der Waals surface area contributed by atoms with E-state index in [9.17, 15) is 13.2 Å². The number of alkyl halides is 3. The van der Waals surface area contributed by atoms with Crippen molar-refractivity contribution < 1.29 is 26.1 Å². The summed E-state index contributed by atoms with van der Waals surface area (Å²) in [6, 6.07) is 10.4. The van der Waals surface area contributed by atoms with E-state index in [1.165, 1.54) is 5.56 Å². The minimum atomic E-state index is -5.84. The van der Waals surface area contributed by atoms with E-state index in [-0.39, 0.29) is 0 Å². The number of halogens is 3. The molecule has 0 fully saturated rings. The van der Waals surface area contributed by atoms with Gasteiger partial charge in [0.15, 0.2) is 0 Å². The van der Waals surface area contributed by atoms with Crippen LogP contribution in [0.5, 0.6) is 0 Å². The molecule has 0 aliphatic carbocycles. The Morgan fingerprint density at radius 2 is 1.76 bits per heavy atom. The Morgan fingerprint density at radius 1 is 1.24 bits per heavy atom. The number of aromatic nitrogens is 2. The normalized spacial score (nSPS) is 11.7. The first-order valence-corrected chi connectivity index (χ1v) is 7.09. The Kier molecular flexibility index (Phi) is 5.50. The lowest BCUT2D eigenvalue weighted by atomic mass is 10.1. The summed E-state index contributed by atoms with van der Waals surface area (Å²) in [7, 11) is -3.82. The minimum Gasteiger partial charge on any atom is -0.338 e. The topological polar surface area (TPSA) is 72.2 Å². The Morgan fingerprint density at radius 3 is 2.14 bits per heavy atom. The van der Waals surface area contributed by atoms with Gasteiger partial charge in [-0.3, -0.25) is 4.55 Å². The highest BCUT2D eigenvalue weighted by atomic mass is 32.2. The highest BCUT2D eigenvalue weighted by Gasteiger charge is 2.44. The number of aryl methyl sites for hydroxylation is 1. The van der Waals surface area contributed by atoms with Gasteiger partial charge in [-0.05, 0) is 5.56 Å². The second-order valence-electron chi connectivity index (χ2n) is 4.04. The third kappa shape index (κ3) is 5.56. The molecule has 21 heavy (non-hydrogen) atoms. The molecule has 116 valence electrons. The van der Waals surface area contributed by atoms with Crippen molar-refractivity contribution in [2.75, 3.05) is 0 Å². The van der Waals surface area contributed by atoms with Gasteiger partial charge in [-0.15, -0.1) is 0 Å². The van der Waals surface area contributed by atoms with E-state index < -0.39 is 15.6 Å². The van der Waals surface area contributed by atoms with Crippen LogP contribution in [0.15, 0.2) is 42.7 Å². The van der Waals surface area contributed by atoms with Crippen molar-refractivity contribution in [3.05, 3.63) is 54.1 Å². The van der Waals surface area contributed by atoms with Crippen LogP contribution in [-0.4, -0.2) is 28.0 Å². The molecule has 0 saturated heterocycles. The Balaban J connectivity index is 0.000000240. The molecular weight excluding hydrogens is 309 g/mol. The van der Waals surface area contributed by atoms with Gasteiger partial charge >= 0.3 is 15.6 Å². The summed E-state index contributed by atoms with van der Waals surface area (Å²) in [4.78, 5) is 4.27. The molecule has 0 radical (unpaired) electrons. The van der Waals surface area contributed by atoms with Crippen LogP contribution < -0.4 is 0 Å². The lowest BCUT2D eigenvalue weighted by Crippen LogP contribution is -2.21. The lowest BCUT2D eigenvalue weighted by Gasteiger charge is -2.00. The molecule has 1 N–H and O–H groups in total.